The summed E-state index contributed by atoms with van der Waals surface area (Å²) in [5.41, 5.74) is 1.92. The number of halogens is 1. The smallest absolute Gasteiger partial charge is 0.163 e. The van der Waals surface area contributed by atoms with E-state index in [4.69, 9.17) is 0 Å². The predicted molar refractivity (Wildman–Crippen MR) is 113 cm³/mol. The molecule has 4 rings (SSSR count). The highest BCUT2D eigenvalue weighted by atomic mass is 19.1. The lowest BCUT2D eigenvalue weighted by atomic mass is 9.77. The first kappa shape index (κ1) is 20.6. The zero-order chi connectivity index (χ0) is 21.1. The minimum Gasteiger partial charge on any atom is -0.345 e. The first-order valence-electron chi connectivity index (χ1n) is 10.8. The Hall–Kier alpha value is -2.70. The molecule has 1 N–H and O–H groups in total. The molecule has 1 saturated carbocycles. The van der Waals surface area contributed by atoms with E-state index in [0.29, 0.717) is 60.0 Å². The Morgan fingerprint density at radius 2 is 2.07 bits per heavy atom. The number of nitrogens with zero attached hydrogens (tertiary/aromatic N) is 4. The monoisotopic (exact) mass is 409 g/mol. The average molecular weight is 410 g/mol. The minimum absolute atomic E-state index is 0.346. The number of hydrogen-bond acceptors (Lipinski definition) is 5. The van der Waals surface area contributed by atoms with E-state index in [1.165, 1.54) is 12.5 Å². The molecule has 3 aromatic rings. The van der Waals surface area contributed by atoms with Crippen LogP contribution in [-0.4, -0.2) is 30.7 Å². The van der Waals surface area contributed by atoms with Gasteiger partial charge in [-0.25, -0.2) is 24.3 Å². The molecule has 0 unspecified atom stereocenters. The average Bonchev–Trinajstić information content (AvgIpc) is 3.13. The lowest BCUT2D eigenvalue weighted by Crippen LogP contribution is -2.21. The molecule has 0 bridgehead atoms. The Labute approximate surface area is 175 Å². The van der Waals surface area contributed by atoms with Crippen molar-refractivity contribution in [1.29, 1.82) is 0 Å². The predicted octanol–water partition coefficient (Wildman–Crippen LogP) is 4.91. The van der Waals surface area contributed by atoms with Crippen molar-refractivity contribution < 1.29 is 9.18 Å². The van der Waals surface area contributed by atoms with Gasteiger partial charge >= 0.3 is 0 Å². The van der Waals surface area contributed by atoms with Crippen LogP contribution < -0.4 is 0 Å². The van der Waals surface area contributed by atoms with E-state index in [9.17, 15) is 9.18 Å². The van der Waals surface area contributed by atoms with Gasteiger partial charge in [0.25, 0.3) is 0 Å². The Kier molecular flexibility index (Phi) is 6.16. The van der Waals surface area contributed by atoms with Crippen molar-refractivity contribution in [2.24, 2.45) is 17.8 Å². The second-order valence-electron chi connectivity index (χ2n) is 8.92. The second-order valence-corrected chi connectivity index (χ2v) is 8.92. The van der Waals surface area contributed by atoms with Crippen molar-refractivity contribution in [2.75, 3.05) is 0 Å². The van der Waals surface area contributed by atoms with Crippen LogP contribution in [0.4, 0.5) is 4.39 Å². The molecule has 0 amide bonds. The van der Waals surface area contributed by atoms with Crippen molar-refractivity contribution in [1.82, 2.24) is 24.9 Å². The van der Waals surface area contributed by atoms with Gasteiger partial charge in [-0.3, -0.25) is 4.79 Å². The van der Waals surface area contributed by atoms with Crippen molar-refractivity contribution in [3.05, 3.63) is 36.4 Å². The van der Waals surface area contributed by atoms with Crippen LogP contribution in [-0.2, 0) is 11.2 Å². The first-order valence-corrected chi connectivity index (χ1v) is 10.8. The molecular weight excluding hydrogens is 381 g/mol. The lowest BCUT2D eigenvalue weighted by Gasteiger charge is -2.29. The number of rotatable bonds is 7. The lowest BCUT2D eigenvalue weighted by molar-refractivity contribution is -0.121. The minimum atomic E-state index is -0.368. The van der Waals surface area contributed by atoms with E-state index >= 15 is 0 Å². The highest BCUT2D eigenvalue weighted by Crippen LogP contribution is 2.34. The second kappa shape index (κ2) is 8.98. The summed E-state index contributed by atoms with van der Waals surface area (Å²) in [5, 5.41) is 0.816. The van der Waals surface area contributed by atoms with Gasteiger partial charge in [0, 0.05) is 36.2 Å². The molecule has 0 radical (unpaired) electrons. The standard InChI is InChI=1S/C23H28FN5O/c1-14(2)6-17(30)8-15-4-3-5-16(7-15)9-21-20(24)12-27-23(29-21)19-11-26-22-18(19)10-25-13-28-22/h10-16H,3-9H2,1-2H3,(H,25,26,28)/t15-,16+/m0/s1. The number of carbonyl (C=O) groups is 1. The van der Waals surface area contributed by atoms with Gasteiger partial charge in [0.2, 0.25) is 0 Å². The molecule has 3 aromatic heterocycles. The Morgan fingerprint density at radius 1 is 1.23 bits per heavy atom. The largest absolute Gasteiger partial charge is 0.345 e. The number of aromatic nitrogens is 5. The number of H-pyrrole nitrogens is 1. The molecular formula is C23H28FN5O. The fraction of sp³-hybridized carbons (Fsp3) is 0.522. The molecule has 2 atom stereocenters. The van der Waals surface area contributed by atoms with E-state index in [2.05, 4.69) is 38.8 Å². The van der Waals surface area contributed by atoms with Crippen molar-refractivity contribution in [3.63, 3.8) is 0 Å². The third-order valence-corrected chi connectivity index (χ3v) is 5.94. The Balaban J connectivity index is 1.48. The molecule has 1 aliphatic rings. The van der Waals surface area contributed by atoms with E-state index in [0.717, 1.165) is 36.6 Å². The first-order chi connectivity index (χ1) is 14.5. The fourth-order valence-electron chi connectivity index (χ4n) is 4.63. The molecule has 0 saturated heterocycles. The van der Waals surface area contributed by atoms with Crippen LogP contribution in [0, 0.1) is 23.6 Å². The summed E-state index contributed by atoms with van der Waals surface area (Å²) in [6, 6.07) is 0. The number of Topliss-reactive ketones (excluding diaryl/α,β-unsaturated/α-hetero) is 1. The van der Waals surface area contributed by atoms with Gasteiger partial charge in [-0.1, -0.05) is 33.1 Å². The summed E-state index contributed by atoms with van der Waals surface area (Å²) in [6.07, 6.45) is 12.3. The van der Waals surface area contributed by atoms with E-state index in [1.54, 1.807) is 12.4 Å². The number of aromatic amines is 1. The normalized spacial score (nSPS) is 19.5. The molecule has 1 aliphatic carbocycles. The Bertz CT molecular complexity index is 1030. The summed E-state index contributed by atoms with van der Waals surface area (Å²) < 4.78 is 14.5. The number of ketones is 1. The van der Waals surface area contributed by atoms with E-state index < -0.39 is 0 Å². The van der Waals surface area contributed by atoms with Crippen LogP contribution in [0.2, 0.25) is 0 Å². The topological polar surface area (TPSA) is 84.4 Å². The quantitative estimate of drug-likeness (QED) is 0.599. The third kappa shape index (κ3) is 4.71. The molecule has 1 fully saturated rings. The molecule has 0 aromatic carbocycles. The van der Waals surface area contributed by atoms with Gasteiger partial charge < -0.3 is 4.98 Å². The van der Waals surface area contributed by atoms with Crippen LogP contribution in [0.5, 0.6) is 0 Å². The summed E-state index contributed by atoms with van der Waals surface area (Å²) in [6.45, 7) is 4.16. The van der Waals surface area contributed by atoms with E-state index in [1.807, 2.05) is 0 Å². The maximum absolute atomic E-state index is 14.5. The van der Waals surface area contributed by atoms with Gasteiger partial charge in [-0.15, -0.1) is 0 Å². The van der Waals surface area contributed by atoms with E-state index in [-0.39, 0.29) is 5.82 Å². The zero-order valence-corrected chi connectivity index (χ0v) is 17.6. The van der Waals surface area contributed by atoms with Gasteiger partial charge in [0.05, 0.1) is 11.9 Å². The molecule has 0 aliphatic heterocycles. The highest BCUT2D eigenvalue weighted by Gasteiger charge is 2.26. The maximum Gasteiger partial charge on any atom is 0.163 e. The summed E-state index contributed by atoms with van der Waals surface area (Å²) in [7, 11) is 0. The summed E-state index contributed by atoms with van der Waals surface area (Å²) in [4.78, 5) is 32.3. The van der Waals surface area contributed by atoms with Gasteiger partial charge in [-0.05, 0) is 30.6 Å². The maximum atomic E-state index is 14.5. The van der Waals surface area contributed by atoms with Crippen LogP contribution >= 0.6 is 0 Å². The zero-order valence-electron chi connectivity index (χ0n) is 17.6. The summed E-state index contributed by atoms with van der Waals surface area (Å²) >= 11 is 0. The van der Waals surface area contributed by atoms with Crippen LogP contribution in [0.15, 0.2) is 24.9 Å². The van der Waals surface area contributed by atoms with Crippen LogP contribution in [0.25, 0.3) is 22.4 Å². The van der Waals surface area contributed by atoms with Gasteiger partial charge in [-0.2, -0.15) is 0 Å². The third-order valence-electron chi connectivity index (χ3n) is 5.94. The number of hydrogen-bond donors (Lipinski definition) is 1. The number of carbonyl (C=O) groups excluding carboxylic acids is 1. The highest BCUT2D eigenvalue weighted by molar-refractivity contribution is 5.90. The molecule has 7 heteroatoms. The molecule has 158 valence electrons. The molecule has 3 heterocycles. The molecule has 30 heavy (non-hydrogen) atoms. The van der Waals surface area contributed by atoms with Crippen molar-refractivity contribution in [2.45, 2.75) is 58.8 Å². The van der Waals surface area contributed by atoms with Crippen LogP contribution in [0.1, 0.15) is 58.1 Å². The van der Waals surface area contributed by atoms with Gasteiger partial charge in [0.15, 0.2) is 11.6 Å². The SMILES string of the molecule is CC(C)CC(=O)C[C@H]1CCC[C@@H](Cc2nc(-c3c[nH]c4ncncc34)ncc2F)C1. The fourth-order valence-corrected chi connectivity index (χ4v) is 4.63. The molecule has 0 spiro atoms. The summed E-state index contributed by atoms with van der Waals surface area (Å²) in [5.74, 6) is 1.62. The van der Waals surface area contributed by atoms with Gasteiger partial charge in [0.1, 0.15) is 17.8 Å². The number of nitrogens with one attached hydrogen (secondary N) is 1. The molecule has 6 nitrogen and oxygen atoms in total. The van der Waals surface area contributed by atoms with Crippen molar-refractivity contribution in [3.8, 4) is 11.4 Å². The van der Waals surface area contributed by atoms with Crippen LogP contribution in [0.3, 0.4) is 0 Å². The Morgan fingerprint density at radius 3 is 2.90 bits per heavy atom. The van der Waals surface area contributed by atoms with Crippen molar-refractivity contribution >= 4 is 16.8 Å². The number of fused-ring (bicyclic) bond motifs is 1.